The molecule has 0 bridgehead atoms. The summed E-state index contributed by atoms with van der Waals surface area (Å²) in [6, 6.07) is 6.71. The molecular formula is C16H23ClN4O4. The van der Waals surface area contributed by atoms with Crippen LogP contribution < -0.4 is 10.6 Å². The molecule has 2 fully saturated rings. The minimum absolute atomic E-state index is 0. The van der Waals surface area contributed by atoms with E-state index in [4.69, 9.17) is 10.5 Å². The van der Waals surface area contributed by atoms with E-state index >= 15 is 0 Å². The smallest absolute Gasteiger partial charge is 0.292 e. The number of nitro groups is 1. The van der Waals surface area contributed by atoms with Gasteiger partial charge in [-0.05, 0) is 18.9 Å². The molecule has 0 unspecified atom stereocenters. The average Bonchev–Trinajstić information content (AvgIpc) is 3.10. The summed E-state index contributed by atoms with van der Waals surface area (Å²) in [5, 5.41) is 11.2. The predicted molar refractivity (Wildman–Crippen MR) is 96.1 cm³/mol. The molecule has 2 atom stereocenters. The Hall–Kier alpha value is -1.90. The fourth-order valence-corrected chi connectivity index (χ4v) is 3.32. The fraction of sp³-hybridized carbons (Fsp3) is 0.562. The van der Waals surface area contributed by atoms with Crippen LogP contribution in [0, 0.1) is 10.1 Å². The van der Waals surface area contributed by atoms with Crippen LogP contribution in [0.3, 0.4) is 0 Å². The molecule has 0 saturated carbocycles. The molecule has 8 nitrogen and oxygen atoms in total. The van der Waals surface area contributed by atoms with Gasteiger partial charge in [-0.3, -0.25) is 14.9 Å². The van der Waals surface area contributed by atoms with E-state index in [0.717, 1.165) is 6.42 Å². The van der Waals surface area contributed by atoms with Crippen molar-refractivity contribution in [3.05, 3.63) is 34.4 Å². The minimum atomic E-state index is -0.392. The Morgan fingerprint density at radius 2 is 1.92 bits per heavy atom. The largest absolute Gasteiger partial charge is 0.364 e. The number of carbonyl (C=O) groups is 1. The van der Waals surface area contributed by atoms with Gasteiger partial charge >= 0.3 is 0 Å². The first-order chi connectivity index (χ1) is 11.6. The quantitative estimate of drug-likeness (QED) is 0.630. The summed E-state index contributed by atoms with van der Waals surface area (Å²) < 4.78 is 5.67. The number of anilines is 1. The number of nitrogens with zero attached hydrogens (tertiary/aromatic N) is 3. The van der Waals surface area contributed by atoms with Gasteiger partial charge in [0.1, 0.15) is 11.8 Å². The molecule has 2 saturated heterocycles. The Balaban J connectivity index is 0.00000225. The number of halogens is 1. The van der Waals surface area contributed by atoms with Crippen molar-refractivity contribution in [2.75, 3.05) is 37.6 Å². The molecule has 2 aliphatic rings. The highest BCUT2D eigenvalue weighted by Gasteiger charge is 2.34. The monoisotopic (exact) mass is 370 g/mol. The van der Waals surface area contributed by atoms with E-state index in [-0.39, 0.29) is 35.0 Å². The van der Waals surface area contributed by atoms with Crippen LogP contribution in [0.2, 0.25) is 0 Å². The van der Waals surface area contributed by atoms with E-state index in [0.29, 0.717) is 44.8 Å². The van der Waals surface area contributed by atoms with Gasteiger partial charge < -0.3 is 20.3 Å². The molecule has 2 heterocycles. The van der Waals surface area contributed by atoms with Crippen molar-refractivity contribution in [2.45, 2.75) is 25.0 Å². The molecule has 0 spiro atoms. The highest BCUT2D eigenvalue weighted by atomic mass is 35.5. The maximum Gasteiger partial charge on any atom is 0.292 e. The second kappa shape index (κ2) is 8.46. The van der Waals surface area contributed by atoms with Crippen LogP contribution in [0.5, 0.6) is 0 Å². The van der Waals surface area contributed by atoms with E-state index in [1.807, 2.05) is 4.90 Å². The molecule has 9 heteroatoms. The topological polar surface area (TPSA) is 102 Å². The van der Waals surface area contributed by atoms with Crippen LogP contribution in [-0.2, 0) is 9.53 Å². The second-order valence-electron chi connectivity index (χ2n) is 6.12. The first-order valence-electron chi connectivity index (χ1n) is 8.23. The van der Waals surface area contributed by atoms with Crippen LogP contribution in [0.4, 0.5) is 11.4 Å². The Labute approximate surface area is 152 Å². The predicted octanol–water partition coefficient (Wildman–Crippen LogP) is 1.17. The number of ether oxygens (including phenoxy) is 1. The molecule has 25 heavy (non-hydrogen) atoms. The number of para-hydroxylation sites is 2. The lowest BCUT2D eigenvalue weighted by molar-refractivity contribution is -0.384. The maximum atomic E-state index is 12.5. The third-order valence-corrected chi connectivity index (χ3v) is 4.66. The number of carbonyl (C=O) groups excluding carboxylic acids is 1. The van der Waals surface area contributed by atoms with Gasteiger partial charge in [0, 0.05) is 38.8 Å². The lowest BCUT2D eigenvalue weighted by atomic mass is 10.1. The zero-order valence-electron chi connectivity index (χ0n) is 13.9. The second-order valence-corrected chi connectivity index (χ2v) is 6.12. The number of hydrogen-bond donors (Lipinski definition) is 1. The Morgan fingerprint density at radius 1 is 1.24 bits per heavy atom. The van der Waals surface area contributed by atoms with Gasteiger partial charge in [0.05, 0.1) is 11.0 Å². The van der Waals surface area contributed by atoms with E-state index < -0.39 is 6.10 Å². The highest BCUT2D eigenvalue weighted by Crippen LogP contribution is 2.29. The summed E-state index contributed by atoms with van der Waals surface area (Å²) in [5.74, 6) is 0.00756. The number of nitrogens with two attached hydrogens (primary N) is 1. The normalized spacial score (nSPS) is 23.2. The van der Waals surface area contributed by atoms with Crippen LogP contribution in [0.15, 0.2) is 24.3 Å². The van der Waals surface area contributed by atoms with Crippen molar-refractivity contribution in [3.63, 3.8) is 0 Å². The van der Waals surface area contributed by atoms with E-state index in [1.54, 1.807) is 23.1 Å². The third-order valence-electron chi connectivity index (χ3n) is 4.66. The van der Waals surface area contributed by atoms with Crippen LogP contribution in [0.1, 0.15) is 12.8 Å². The number of piperazine rings is 1. The van der Waals surface area contributed by atoms with Crippen molar-refractivity contribution in [3.8, 4) is 0 Å². The van der Waals surface area contributed by atoms with Gasteiger partial charge in [-0.1, -0.05) is 12.1 Å². The first-order valence-corrected chi connectivity index (χ1v) is 8.23. The van der Waals surface area contributed by atoms with Crippen molar-refractivity contribution in [1.29, 1.82) is 0 Å². The van der Waals surface area contributed by atoms with E-state index in [2.05, 4.69) is 0 Å². The summed E-state index contributed by atoms with van der Waals surface area (Å²) >= 11 is 0. The summed E-state index contributed by atoms with van der Waals surface area (Å²) in [6.45, 7) is 2.67. The lowest BCUT2D eigenvalue weighted by Gasteiger charge is -2.36. The average molecular weight is 371 g/mol. The molecule has 3 rings (SSSR count). The zero-order chi connectivity index (χ0) is 17.1. The van der Waals surface area contributed by atoms with Gasteiger partial charge in [0.15, 0.2) is 0 Å². The Bertz CT molecular complexity index is 622. The minimum Gasteiger partial charge on any atom is -0.364 e. The summed E-state index contributed by atoms with van der Waals surface area (Å²) in [7, 11) is 0. The SMILES string of the molecule is Cl.NC[C@H]1CC[C@@H](C(=O)N2CCN(c3ccccc3[N+](=O)[O-])CC2)O1. The molecule has 0 radical (unpaired) electrons. The van der Waals surface area contributed by atoms with Crippen LogP contribution >= 0.6 is 12.4 Å². The number of nitro benzene ring substituents is 1. The summed E-state index contributed by atoms with van der Waals surface area (Å²) in [4.78, 5) is 27.0. The Morgan fingerprint density at radius 3 is 2.52 bits per heavy atom. The number of benzene rings is 1. The Kier molecular flexibility index (Phi) is 6.57. The van der Waals surface area contributed by atoms with Crippen molar-refractivity contribution < 1.29 is 14.5 Å². The standard InChI is InChI=1S/C16H22N4O4.ClH/c17-11-12-5-6-15(24-12)16(21)19-9-7-18(8-10-19)13-3-1-2-4-14(13)20(22)23;/h1-4,12,15H,5-11,17H2;1H/t12-,15+;/m1./s1. The van der Waals surface area contributed by atoms with Gasteiger partial charge in [-0.2, -0.15) is 0 Å². The first kappa shape index (κ1) is 19.4. The van der Waals surface area contributed by atoms with Gasteiger partial charge in [0.2, 0.25) is 0 Å². The number of rotatable bonds is 4. The molecule has 2 aliphatic heterocycles. The highest BCUT2D eigenvalue weighted by molar-refractivity contribution is 5.85. The van der Waals surface area contributed by atoms with E-state index in [9.17, 15) is 14.9 Å². The van der Waals surface area contributed by atoms with Crippen LogP contribution in [-0.4, -0.2) is 60.7 Å². The molecule has 2 N–H and O–H groups in total. The number of hydrogen-bond acceptors (Lipinski definition) is 6. The van der Waals surface area contributed by atoms with Gasteiger partial charge in [-0.25, -0.2) is 0 Å². The molecule has 0 aromatic heterocycles. The molecular weight excluding hydrogens is 348 g/mol. The molecule has 0 aliphatic carbocycles. The van der Waals surface area contributed by atoms with Crippen molar-refractivity contribution >= 4 is 29.7 Å². The summed E-state index contributed by atoms with van der Waals surface area (Å²) in [6.07, 6.45) is 1.12. The van der Waals surface area contributed by atoms with Crippen molar-refractivity contribution in [1.82, 2.24) is 4.90 Å². The molecule has 1 aromatic rings. The van der Waals surface area contributed by atoms with Crippen LogP contribution in [0.25, 0.3) is 0 Å². The number of amides is 1. The third kappa shape index (κ3) is 4.20. The van der Waals surface area contributed by atoms with E-state index in [1.165, 1.54) is 6.07 Å². The maximum absolute atomic E-state index is 12.5. The van der Waals surface area contributed by atoms with Crippen molar-refractivity contribution in [2.24, 2.45) is 5.73 Å². The molecule has 138 valence electrons. The zero-order valence-corrected chi connectivity index (χ0v) is 14.7. The molecule has 1 aromatic carbocycles. The van der Waals surface area contributed by atoms with Gasteiger partial charge in [0.25, 0.3) is 11.6 Å². The summed E-state index contributed by atoms with van der Waals surface area (Å²) in [5.41, 5.74) is 6.29. The lowest BCUT2D eigenvalue weighted by Crippen LogP contribution is -2.51. The fourth-order valence-electron chi connectivity index (χ4n) is 3.32. The van der Waals surface area contributed by atoms with Gasteiger partial charge in [-0.15, -0.1) is 12.4 Å². The molecule has 1 amide bonds.